The Labute approximate surface area is 169 Å². The SMILES string of the molecule is Cc1cc(NC(=O)COC(=O)CNC(=O)c2ccc3c(c2)OCO3)ccc1Br. The van der Waals surface area contributed by atoms with Crippen molar-refractivity contribution < 1.29 is 28.6 Å². The number of hydrogen-bond donors (Lipinski definition) is 2. The Morgan fingerprint density at radius 1 is 1.11 bits per heavy atom. The van der Waals surface area contributed by atoms with E-state index in [9.17, 15) is 14.4 Å². The van der Waals surface area contributed by atoms with Crippen molar-refractivity contribution in [3.63, 3.8) is 0 Å². The molecule has 28 heavy (non-hydrogen) atoms. The van der Waals surface area contributed by atoms with E-state index in [1.165, 1.54) is 6.07 Å². The zero-order valence-corrected chi connectivity index (χ0v) is 16.5. The third-order valence-electron chi connectivity index (χ3n) is 3.83. The van der Waals surface area contributed by atoms with Crippen LogP contribution in [0.1, 0.15) is 15.9 Å². The van der Waals surface area contributed by atoms with Crippen LogP contribution in [0.5, 0.6) is 11.5 Å². The van der Waals surface area contributed by atoms with Gasteiger partial charge in [0.15, 0.2) is 18.1 Å². The molecule has 2 aromatic rings. The number of rotatable bonds is 6. The van der Waals surface area contributed by atoms with Crippen molar-refractivity contribution in [3.8, 4) is 11.5 Å². The van der Waals surface area contributed by atoms with Crippen LogP contribution in [-0.4, -0.2) is 37.7 Å². The smallest absolute Gasteiger partial charge is 0.325 e. The van der Waals surface area contributed by atoms with Gasteiger partial charge in [-0.1, -0.05) is 15.9 Å². The topological polar surface area (TPSA) is 103 Å². The second-order valence-corrected chi connectivity index (χ2v) is 6.78. The third-order valence-corrected chi connectivity index (χ3v) is 4.72. The van der Waals surface area contributed by atoms with Crippen molar-refractivity contribution >= 4 is 39.4 Å². The summed E-state index contributed by atoms with van der Waals surface area (Å²) in [5.41, 5.74) is 1.87. The van der Waals surface area contributed by atoms with Crippen LogP contribution >= 0.6 is 15.9 Å². The predicted octanol–water partition coefficient (Wildman–Crippen LogP) is 2.40. The standard InChI is InChI=1S/C19H17BrN2O6/c1-11-6-13(3-4-14(11)20)22-17(23)9-26-18(24)8-21-19(25)12-2-5-15-16(7-12)28-10-27-15/h2-7H,8-10H2,1H3,(H,21,25)(H,22,23). The molecule has 0 atom stereocenters. The number of ether oxygens (including phenoxy) is 3. The lowest BCUT2D eigenvalue weighted by Gasteiger charge is -2.09. The first-order chi connectivity index (χ1) is 13.4. The molecule has 2 amide bonds. The van der Waals surface area contributed by atoms with Crippen molar-refractivity contribution in [3.05, 3.63) is 52.0 Å². The molecule has 9 heteroatoms. The van der Waals surface area contributed by atoms with Crippen LogP contribution in [0.2, 0.25) is 0 Å². The molecule has 1 heterocycles. The van der Waals surface area contributed by atoms with Gasteiger partial charge in [-0.25, -0.2) is 0 Å². The fraction of sp³-hybridized carbons (Fsp3) is 0.211. The number of halogens is 1. The number of nitrogens with one attached hydrogen (secondary N) is 2. The van der Waals surface area contributed by atoms with Gasteiger partial charge in [-0.15, -0.1) is 0 Å². The maximum Gasteiger partial charge on any atom is 0.325 e. The number of anilines is 1. The van der Waals surface area contributed by atoms with E-state index in [2.05, 4.69) is 26.6 Å². The zero-order valence-electron chi connectivity index (χ0n) is 14.9. The van der Waals surface area contributed by atoms with E-state index in [4.69, 9.17) is 14.2 Å². The van der Waals surface area contributed by atoms with E-state index in [1.54, 1.807) is 24.3 Å². The molecule has 0 aliphatic carbocycles. The van der Waals surface area contributed by atoms with Gasteiger partial charge in [-0.05, 0) is 48.9 Å². The third kappa shape index (κ3) is 5.01. The second kappa shape index (κ2) is 8.75. The number of carbonyl (C=O) groups excluding carboxylic acids is 3. The molecule has 0 radical (unpaired) electrons. The summed E-state index contributed by atoms with van der Waals surface area (Å²) in [7, 11) is 0. The molecule has 0 bridgehead atoms. The van der Waals surface area contributed by atoms with E-state index >= 15 is 0 Å². The maximum atomic E-state index is 12.1. The van der Waals surface area contributed by atoms with Gasteiger partial charge in [0.2, 0.25) is 6.79 Å². The summed E-state index contributed by atoms with van der Waals surface area (Å²) in [6.45, 7) is 1.18. The Morgan fingerprint density at radius 2 is 1.89 bits per heavy atom. The number of fused-ring (bicyclic) bond motifs is 1. The minimum atomic E-state index is -0.726. The number of aryl methyl sites for hydroxylation is 1. The van der Waals surface area contributed by atoms with Crippen molar-refractivity contribution in [2.75, 3.05) is 25.3 Å². The van der Waals surface area contributed by atoms with Crippen molar-refractivity contribution in [1.82, 2.24) is 5.32 Å². The van der Waals surface area contributed by atoms with Crippen LogP contribution < -0.4 is 20.1 Å². The molecule has 0 spiro atoms. The first-order valence-corrected chi connectivity index (χ1v) is 9.11. The number of carbonyl (C=O) groups is 3. The summed E-state index contributed by atoms with van der Waals surface area (Å²) in [6, 6.07) is 10.0. The van der Waals surface area contributed by atoms with Gasteiger partial charge in [0.05, 0.1) is 0 Å². The maximum absolute atomic E-state index is 12.1. The van der Waals surface area contributed by atoms with Crippen LogP contribution in [0.4, 0.5) is 5.69 Å². The molecule has 146 valence electrons. The van der Waals surface area contributed by atoms with Crippen LogP contribution in [0.25, 0.3) is 0 Å². The van der Waals surface area contributed by atoms with E-state index in [0.717, 1.165) is 10.0 Å². The van der Waals surface area contributed by atoms with Gasteiger partial charge in [0, 0.05) is 15.7 Å². The molecule has 0 aromatic heterocycles. The molecule has 2 aromatic carbocycles. The largest absolute Gasteiger partial charge is 0.454 e. The quantitative estimate of drug-likeness (QED) is 0.657. The first kappa shape index (κ1) is 19.7. The minimum Gasteiger partial charge on any atom is -0.454 e. The molecule has 1 aliphatic rings. The Balaban J connectivity index is 1.42. The normalized spacial score (nSPS) is 11.6. The highest BCUT2D eigenvalue weighted by Crippen LogP contribution is 2.32. The monoisotopic (exact) mass is 448 g/mol. The van der Waals surface area contributed by atoms with E-state index < -0.39 is 24.4 Å². The molecule has 1 aliphatic heterocycles. The van der Waals surface area contributed by atoms with E-state index in [0.29, 0.717) is 22.7 Å². The number of esters is 1. The molecular weight excluding hydrogens is 432 g/mol. The lowest BCUT2D eigenvalue weighted by molar-refractivity contribution is -0.146. The summed E-state index contributed by atoms with van der Waals surface area (Å²) >= 11 is 3.38. The Kier molecular flexibility index (Phi) is 6.15. The molecule has 0 saturated carbocycles. The highest BCUT2D eigenvalue weighted by molar-refractivity contribution is 9.10. The number of benzene rings is 2. The zero-order chi connectivity index (χ0) is 20.1. The van der Waals surface area contributed by atoms with E-state index in [-0.39, 0.29) is 13.3 Å². The fourth-order valence-corrected chi connectivity index (χ4v) is 2.66. The lowest BCUT2D eigenvalue weighted by atomic mass is 10.2. The molecule has 3 rings (SSSR count). The average molecular weight is 449 g/mol. The summed E-state index contributed by atoms with van der Waals surface area (Å²) in [6.07, 6.45) is 0. The number of amides is 2. The predicted molar refractivity (Wildman–Crippen MR) is 103 cm³/mol. The lowest BCUT2D eigenvalue weighted by Crippen LogP contribution is -2.32. The van der Waals surface area contributed by atoms with Gasteiger partial charge >= 0.3 is 5.97 Å². The molecular formula is C19H17BrN2O6. The minimum absolute atomic E-state index is 0.106. The summed E-state index contributed by atoms with van der Waals surface area (Å²) in [5.74, 6) is -0.642. The fourth-order valence-electron chi connectivity index (χ4n) is 2.41. The molecule has 0 fully saturated rings. The first-order valence-electron chi connectivity index (χ1n) is 8.32. The van der Waals surface area contributed by atoms with Gasteiger partial charge in [-0.3, -0.25) is 14.4 Å². The van der Waals surface area contributed by atoms with E-state index in [1.807, 2.05) is 13.0 Å². The van der Waals surface area contributed by atoms with Gasteiger partial charge in [0.25, 0.3) is 11.8 Å². The summed E-state index contributed by atoms with van der Waals surface area (Å²) < 4.78 is 16.2. The molecule has 0 saturated heterocycles. The average Bonchev–Trinajstić information content (AvgIpc) is 3.15. The van der Waals surface area contributed by atoms with Gasteiger partial charge in [0.1, 0.15) is 6.54 Å². The van der Waals surface area contributed by atoms with Crippen LogP contribution in [0.15, 0.2) is 40.9 Å². The van der Waals surface area contributed by atoms with Crippen molar-refractivity contribution in [2.24, 2.45) is 0 Å². The van der Waals surface area contributed by atoms with Crippen LogP contribution in [0.3, 0.4) is 0 Å². The van der Waals surface area contributed by atoms with Gasteiger partial charge < -0.3 is 24.8 Å². The molecule has 2 N–H and O–H groups in total. The van der Waals surface area contributed by atoms with Crippen LogP contribution in [-0.2, 0) is 14.3 Å². The summed E-state index contributed by atoms with van der Waals surface area (Å²) in [5, 5.41) is 5.06. The number of hydrogen-bond acceptors (Lipinski definition) is 6. The Bertz CT molecular complexity index is 931. The Hall–Kier alpha value is -3.07. The van der Waals surface area contributed by atoms with Crippen LogP contribution in [0, 0.1) is 6.92 Å². The van der Waals surface area contributed by atoms with Crippen molar-refractivity contribution in [2.45, 2.75) is 6.92 Å². The molecule has 8 nitrogen and oxygen atoms in total. The molecule has 0 unspecified atom stereocenters. The Morgan fingerprint density at radius 3 is 2.68 bits per heavy atom. The van der Waals surface area contributed by atoms with Crippen molar-refractivity contribution in [1.29, 1.82) is 0 Å². The highest BCUT2D eigenvalue weighted by atomic mass is 79.9. The van der Waals surface area contributed by atoms with Gasteiger partial charge in [-0.2, -0.15) is 0 Å². The summed E-state index contributed by atoms with van der Waals surface area (Å²) in [4.78, 5) is 35.7. The second-order valence-electron chi connectivity index (χ2n) is 5.92. The highest BCUT2D eigenvalue weighted by Gasteiger charge is 2.17.